The molecule has 5 rings (SSSR count). The Labute approximate surface area is 229 Å². The predicted molar refractivity (Wildman–Crippen MR) is 151 cm³/mol. The molecule has 0 unspecified atom stereocenters. The molecule has 2 heterocycles. The van der Waals surface area contributed by atoms with Crippen molar-refractivity contribution in [3.63, 3.8) is 0 Å². The summed E-state index contributed by atoms with van der Waals surface area (Å²) in [6, 6.07) is 13.0. The molecule has 2 aliphatic rings. The van der Waals surface area contributed by atoms with E-state index in [1.54, 1.807) is 24.3 Å². The van der Waals surface area contributed by atoms with E-state index in [0.717, 1.165) is 69.7 Å². The Hall–Kier alpha value is -2.92. The van der Waals surface area contributed by atoms with E-state index in [4.69, 9.17) is 16.3 Å². The van der Waals surface area contributed by atoms with Crippen LogP contribution in [0.15, 0.2) is 53.6 Å². The first-order chi connectivity index (χ1) is 18.4. The molecule has 202 valence electrons. The maximum atomic E-state index is 13.2. The predicted octanol–water partition coefficient (Wildman–Crippen LogP) is 5.24. The van der Waals surface area contributed by atoms with Crippen molar-refractivity contribution in [1.29, 1.82) is 0 Å². The van der Waals surface area contributed by atoms with E-state index in [0.29, 0.717) is 17.5 Å². The second kappa shape index (κ2) is 11.9. The highest BCUT2D eigenvalue weighted by molar-refractivity contribution is 7.89. The van der Waals surface area contributed by atoms with Gasteiger partial charge in [0.25, 0.3) is 0 Å². The molecule has 0 amide bonds. The Bertz CT molecular complexity index is 1370. The lowest BCUT2D eigenvalue weighted by Gasteiger charge is -2.29. The van der Waals surface area contributed by atoms with E-state index < -0.39 is 10.0 Å². The zero-order valence-electron chi connectivity index (χ0n) is 21.4. The van der Waals surface area contributed by atoms with Gasteiger partial charge in [-0.3, -0.25) is 0 Å². The van der Waals surface area contributed by atoms with Gasteiger partial charge in [-0.05, 0) is 55.2 Å². The van der Waals surface area contributed by atoms with Gasteiger partial charge in [0, 0.05) is 30.5 Å². The number of benzene rings is 2. The number of ether oxygens (including phenoxy) is 1. The third kappa shape index (κ3) is 6.20. The van der Waals surface area contributed by atoms with E-state index in [-0.39, 0.29) is 16.0 Å². The minimum atomic E-state index is -3.71. The summed E-state index contributed by atoms with van der Waals surface area (Å²) >= 11 is 6.42. The standard InChI is InChI=1S/C27H33ClN6O3S/c1-2-19-17-21(34-13-15-37-16-14-34)11-12-23(19)31-27-29-18-22(28)26(32-27)30-24-9-5-6-10-25(24)38(35,36)33-20-7-3-4-8-20/h5-6,9-12,17-18,20,33H,2-4,7-8,13-16H2,1H3,(H2,29,30,31,32). The molecule has 0 atom stereocenters. The van der Waals surface area contributed by atoms with E-state index in [9.17, 15) is 8.42 Å². The van der Waals surface area contributed by atoms with Crippen LogP contribution < -0.4 is 20.3 Å². The second-order valence-corrected chi connectivity index (χ2v) is 11.6. The van der Waals surface area contributed by atoms with Crippen LogP contribution in [0.2, 0.25) is 5.02 Å². The number of halogens is 1. The number of para-hydroxylation sites is 1. The van der Waals surface area contributed by atoms with Crippen molar-refractivity contribution >= 4 is 50.5 Å². The van der Waals surface area contributed by atoms with Crippen LogP contribution in [0.4, 0.5) is 28.8 Å². The average Bonchev–Trinajstić information content (AvgIpc) is 3.44. The zero-order chi connectivity index (χ0) is 26.5. The molecule has 1 aliphatic carbocycles. The Morgan fingerprint density at radius 3 is 2.58 bits per heavy atom. The van der Waals surface area contributed by atoms with Crippen LogP contribution in [0.5, 0.6) is 0 Å². The molecular weight excluding hydrogens is 524 g/mol. The summed E-state index contributed by atoms with van der Waals surface area (Å²) in [4.78, 5) is 11.4. The van der Waals surface area contributed by atoms with Crippen molar-refractivity contribution in [2.75, 3.05) is 41.8 Å². The average molecular weight is 557 g/mol. The highest BCUT2D eigenvalue weighted by atomic mass is 35.5. The van der Waals surface area contributed by atoms with Gasteiger partial charge in [0.1, 0.15) is 9.92 Å². The van der Waals surface area contributed by atoms with Crippen molar-refractivity contribution in [3.05, 3.63) is 59.2 Å². The molecule has 1 saturated carbocycles. The number of hydrogen-bond donors (Lipinski definition) is 3. The van der Waals surface area contributed by atoms with Crippen molar-refractivity contribution < 1.29 is 13.2 Å². The molecular formula is C27H33ClN6O3S. The lowest BCUT2D eigenvalue weighted by Crippen LogP contribution is -2.36. The lowest BCUT2D eigenvalue weighted by molar-refractivity contribution is 0.122. The van der Waals surface area contributed by atoms with Crippen LogP contribution in [0, 0.1) is 0 Å². The maximum Gasteiger partial charge on any atom is 0.242 e. The molecule has 1 aromatic heterocycles. The minimum Gasteiger partial charge on any atom is -0.378 e. The van der Waals surface area contributed by atoms with Gasteiger partial charge in [-0.15, -0.1) is 0 Å². The van der Waals surface area contributed by atoms with Crippen LogP contribution in [0.1, 0.15) is 38.2 Å². The summed E-state index contributed by atoms with van der Waals surface area (Å²) in [5.41, 5.74) is 3.60. The molecule has 0 radical (unpaired) electrons. The number of sulfonamides is 1. The minimum absolute atomic E-state index is 0.0334. The lowest BCUT2D eigenvalue weighted by atomic mass is 10.1. The van der Waals surface area contributed by atoms with Crippen molar-refractivity contribution in [3.8, 4) is 0 Å². The molecule has 1 saturated heterocycles. The largest absolute Gasteiger partial charge is 0.378 e. The number of aromatic nitrogens is 2. The fraction of sp³-hybridized carbons (Fsp3) is 0.407. The summed E-state index contributed by atoms with van der Waals surface area (Å²) in [6.45, 7) is 5.32. The van der Waals surface area contributed by atoms with E-state index >= 15 is 0 Å². The van der Waals surface area contributed by atoms with Crippen LogP contribution in [0.3, 0.4) is 0 Å². The number of aryl methyl sites for hydroxylation is 1. The quantitative estimate of drug-likeness (QED) is 0.328. The number of rotatable bonds is 9. The Balaban J connectivity index is 1.36. The van der Waals surface area contributed by atoms with Gasteiger partial charge in [0.2, 0.25) is 16.0 Å². The van der Waals surface area contributed by atoms with E-state index in [1.165, 1.54) is 11.9 Å². The second-order valence-electron chi connectivity index (χ2n) is 9.53. The smallest absolute Gasteiger partial charge is 0.242 e. The summed E-state index contributed by atoms with van der Waals surface area (Å²) in [5.74, 6) is 0.672. The summed E-state index contributed by atoms with van der Waals surface area (Å²) in [7, 11) is -3.71. The van der Waals surface area contributed by atoms with Crippen molar-refractivity contribution in [2.45, 2.75) is 50.0 Å². The fourth-order valence-corrected chi connectivity index (χ4v) is 6.51. The van der Waals surface area contributed by atoms with Gasteiger partial charge in [-0.1, -0.05) is 43.5 Å². The SMILES string of the molecule is CCc1cc(N2CCOCC2)ccc1Nc1ncc(Cl)c(Nc2ccccc2S(=O)(=O)NC2CCCC2)n1. The number of hydrogen-bond acceptors (Lipinski definition) is 8. The molecule has 9 nitrogen and oxygen atoms in total. The van der Waals surface area contributed by atoms with Gasteiger partial charge < -0.3 is 20.3 Å². The maximum absolute atomic E-state index is 13.2. The third-order valence-corrected chi connectivity index (χ3v) is 8.80. The Morgan fingerprint density at radius 1 is 1.05 bits per heavy atom. The van der Waals surface area contributed by atoms with Crippen LogP contribution in [0.25, 0.3) is 0 Å². The summed E-state index contributed by atoms with van der Waals surface area (Å²) in [6.07, 6.45) is 6.12. The number of nitrogens with one attached hydrogen (secondary N) is 3. The molecule has 2 fully saturated rings. The Morgan fingerprint density at radius 2 is 1.82 bits per heavy atom. The molecule has 0 bridgehead atoms. The van der Waals surface area contributed by atoms with Gasteiger partial charge in [-0.2, -0.15) is 4.98 Å². The van der Waals surface area contributed by atoms with Crippen molar-refractivity contribution in [2.24, 2.45) is 0 Å². The molecule has 38 heavy (non-hydrogen) atoms. The first-order valence-electron chi connectivity index (χ1n) is 13.1. The van der Waals surface area contributed by atoms with Gasteiger partial charge >= 0.3 is 0 Å². The van der Waals surface area contributed by atoms with Gasteiger partial charge in [0.15, 0.2) is 5.82 Å². The molecule has 3 N–H and O–H groups in total. The normalized spacial score (nSPS) is 16.5. The number of nitrogens with zero attached hydrogens (tertiary/aromatic N) is 3. The Kier molecular flexibility index (Phi) is 8.32. The highest BCUT2D eigenvalue weighted by Gasteiger charge is 2.25. The topological polar surface area (TPSA) is 108 Å². The van der Waals surface area contributed by atoms with Crippen LogP contribution >= 0.6 is 11.6 Å². The molecule has 2 aromatic carbocycles. The van der Waals surface area contributed by atoms with Crippen LogP contribution in [-0.2, 0) is 21.2 Å². The fourth-order valence-electron chi connectivity index (χ4n) is 4.91. The van der Waals surface area contributed by atoms with Gasteiger partial charge in [-0.25, -0.2) is 18.1 Å². The highest BCUT2D eigenvalue weighted by Crippen LogP contribution is 2.31. The molecule has 1 aliphatic heterocycles. The number of anilines is 5. The summed E-state index contributed by atoms with van der Waals surface area (Å²) < 4.78 is 34.6. The molecule has 0 spiro atoms. The molecule has 11 heteroatoms. The first kappa shape index (κ1) is 26.7. The van der Waals surface area contributed by atoms with Crippen molar-refractivity contribution in [1.82, 2.24) is 14.7 Å². The zero-order valence-corrected chi connectivity index (χ0v) is 23.0. The number of morpholine rings is 1. The molecule has 3 aromatic rings. The third-order valence-electron chi connectivity index (χ3n) is 6.94. The summed E-state index contributed by atoms with van der Waals surface area (Å²) in [5, 5.41) is 6.71. The first-order valence-corrected chi connectivity index (χ1v) is 14.9. The monoisotopic (exact) mass is 556 g/mol. The van der Waals surface area contributed by atoms with Crippen LogP contribution in [-0.4, -0.2) is 50.7 Å². The van der Waals surface area contributed by atoms with Gasteiger partial charge in [0.05, 0.1) is 25.1 Å². The van der Waals surface area contributed by atoms with E-state index in [2.05, 4.69) is 49.3 Å². The van der Waals surface area contributed by atoms with E-state index in [1.807, 2.05) is 6.07 Å².